The molecule has 2 N–H and O–H groups in total. The van der Waals surface area contributed by atoms with Gasteiger partial charge in [0.15, 0.2) is 11.6 Å². The number of unbranched alkanes of at least 4 members (excludes halogenated alkanes) is 2. The maximum atomic E-state index is 13.8. The van der Waals surface area contributed by atoms with Gasteiger partial charge in [-0.1, -0.05) is 52.2 Å². The quantitative estimate of drug-likeness (QED) is 0.254. The summed E-state index contributed by atoms with van der Waals surface area (Å²) in [5.74, 6) is -3.27. The molecule has 42 heavy (non-hydrogen) atoms. The molecule has 0 aromatic heterocycles. The molecule has 10 nitrogen and oxygen atoms in total. The fourth-order valence-electron chi connectivity index (χ4n) is 7.88. The van der Waals surface area contributed by atoms with E-state index in [2.05, 4.69) is 0 Å². The summed E-state index contributed by atoms with van der Waals surface area (Å²) in [7, 11) is 0. The molecular weight excluding hydrogens is 544 g/mol. The number of ether oxygens (including phenoxy) is 3. The van der Waals surface area contributed by atoms with Crippen molar-refractivity contribution in [1.29, 1.82) is 0 Å². The van der Waals surface area contributed by atoms with E-state index >= 15 is 0 Å². The second kappa shape index (κ2) is 12.1. The van der Waals surface area contributed by atoms with Gasteiger partial charge < -0.3 is 14.6 Å². The number of allylic oxidation sites excluding steroid dienone is 4. The Morgan fingerprint density at radius 1 is 1.02 bits per heavy atom. The van der Waals surface area contributed by atoms with Crippen LogP contribution in [0.3, 0.4) is 0 Å². The van der Waals surface area contributed by atoms with Crippen molar-refractivity contribution in [3.8, 4) is 0 Å². The highest BCUT2D eigenvalue weighted by atomic mass is 17.0. The molecule has 0 amide bonds. The molecule has 4 rings (SSSR count). The third-order valence-electron chi connectivity index (χ3n) is 10.2. The minimum atomic E-state index is -3.13. The van der Waals surface area contributed by atoms with Crippen LogP contribution in [0.1, 0.15) is 98.3 Å². The standard InChI is InChI=1S/C32H44O10/c1-5-7-9-26(36)41-32(39,42-27(37)10-8-6-2)40-19-25(35)31(38)16-14-23-22-12-11-20-17-21(33)13-15-29(20,3)28(22)24(34)18-30(23,31)4/h13,15,17,22-23,28,38-39H,5-12,14,16,18-19H2,1-4H3/t22-,23-,28+,29-,30-,31-/m0/s1. The zero-order valence-corrected chi connectivity index (χ0v) is 25.1. The highest BCUT2D eigenvalue weighted by molar-refractivity contribution is 6.02. The van der Waals surface area contributed by atoms with E-state index in [4.69, 9.17) is 14.2 Å². The van der Waals surface area contributed by atoms with Gasteiger partial charge in [-0.15, -0.1) is 0 Å². The second-order valence-corrected chi connectivity index (χ2v) is 12.8. The molecule has 3 fully saturated rings. The summed E-state index contributed by atoms with van der Waals surface area (Å²) >= 11 is 0. The van der Waals surface area contributed by atoms with Crippen molar-refractivity contribution in [2.45, 2.75) is 110 Å². The molecule has 0 aromatic rings. The van der Waals surface area contributed by atoms with Crippen LogP contribution in [0.15, 0.2) is 23.8 Å². The Morgan fingerprint density at radius 2 is 1.64 bits per heavy atom. The normalized spacial score (nSPS) is 33.8. The largest absolute Gasteiger partial charge is 0.512 e. The first-order chi connectivity index (χ1) is 19.7. The molecule has 3 saturated carbocycles. The van der Waals surface area contributed by atoms with Gasteiger partial charge in [0, 0.05) is 36.0 Å². The van der Waals surface area contributed by atoms with E-state index in [1.165, 1.54) is 6.08 Å². The summed E-state index contributed by atoms with van der Waals surface area (Å²) in [4.78, 5) is 64.0. The van der Waals surface area contributed by atoms with Gasteiger partial charge in [-0.2, -0.15) is 0 Å². The van der Waals surface area contributed by atoms with Crippen molar-refractivity contribution in [3.63, 3.8) is 0 Å². The van der Waals surface area contributed by atoms with Crippen LogP contribution in [0.4, 0.5) is 0 Å². The number of aliphatic hydroxyl groups is 2. The van der Waals surface area contributed by atoms with Crippen molar-refractivity contribution in [2.24, 2.45) is 28.6 Å². The van der Waals surface area contributed by atoms with E-state index in [1.807, 2.05) is 26.8 Å². The van der Waals surface area contributed by atoms with Crippen LogP contribution < -0.4 is 0 Å². The number of ketones is 3. The average molecular weight is 589 g/mol. The Balaban J connectivity index is 1.52. The van der Waals surface area contributed by atoms with Crippen molar-refractivity contribution in [3.05, 3.63) is 23.8 Å². The first-order valence-electron chi connectivity index (χ1n) is 15.3. The monoisotopic (exact) mass is 588 g/mol. The number of fused-ring (bicyclic) bond motifs is 5. The molecule has 4 aliphatic rings. The molecule has 0 heterocycles. The lowest BCUT2D eigenvalue weighted by Crippen LogP contribution is -2.61. The maximum Gasteiger partial charge on any atom is 0.512 e. The van der Waals surface area contributed by atoms with Crippen molar-refractivity contribution >= 4 is 29.3 Å². The molecule has 0 unspecified atom stereocenters. The summed E-state index contributed by atoms with van der Waals surface area (Å²) in [6, 6.07) is 0. The molecule has 0 saturated heterocycles. The summed E-state index contributed by atoms with van der Waals surface area (Å²) < 4.78 is 15.2. The zero-order valence-electron chi connectivity index (χ0n) is 25.1. The van der Waals surface area contributed by atoms with Crippen LogP contribution >= 0.6 is 0 Å². The molecule has 0 spiro atoms. The predicted molar refractivity (Wildman–Crippen MR) is 149 cm³/mol. The Morgan fingerprint density at radius 3 is 2.24 bits per heavy atom. The highest BCUT2D eigenvalue weighted by Gasteiger charge is 2.68. The van der Waals surface area contributed by atoms with Crippen LogP contribution in [0.25, 0.3) is 0 Å². The fraction of sp³-hybridized carbons (Fsp3) is 0.719. The Hall–Kier alpha value is -2.69. The third kappa shape index (κ3) is 5.77. The number of carbonyl (C=O) groups excluding carboxylic acids is 5. The Kier molecular flexibility index (Phi) is 9.31. The van der Waals surface area contributed by atoms with Gasteiger partial charge in [0.1, 0.15) is 18.0 Å². The van der Waals surface area contributed by atoms with Crippen LogP contribution in [-0.4, -0.2) is 57.9 Å². The number of esters is 2. The van der Waals surface area contributed by atoms with E-state index in [0.717, 1.165) is 5.57 Å². The number of Topliss-reactive ketones (excluding diaryl/α,β-unsaturated/α-hetero) is 2. The van der Waals surface area contributed by atoms with Gasteiger partial charge >= 0.3 is 18.1 Å². The lowest BCUT2D eigenvalue weighted by atomic mass is 9.46. The summed E-state index contributed by atoms with van der Waals surface area (Å²) in [6.45, 7) is 6.57. The van der Waals surface area contributed by atoms with Crippen LogP contribution in [-0.2, 0) is 38.2 Å². The van der Waals surface area contributed by atoms with E-state index in [-0.39, 0.29) is 55.0 Å². The molecule has 0 bridgehead atoms. The predicted octanol–water partition coefficient (Wildman–Crippen LogP) is 3.86. The number of hydrogen-bond acceptors (Lipinski definition) is 10. The second-order valence-electron chi connectivity index (χ2n) is 12.8. The van der Waals surface area contributed by atoms with Gasteiger partial charge in [0.2, 0.25) is 0 Å². The highest BCUT2D eigenvalue weighted by Crippen LogP contribution is 2.66. The number of hydrogen-bond donors (Lipinski definition) is 2. The Labute approximate surface area is 246 Å². The van der Waals surface area contributed by atoms with Gasteiger partial charge in [0.05, 0.1) is 0 Å². The number of carbonyl (C=O) groups is 5. The summed E-state index contributed by atoms with van der Waals surface area (Å²) in [5, 5.41) is 22.7. The SMILES string of the molecule is CCCCC(=O)OC(O)(OCC(=O)[C@@]1(O)CC[C@H]2[C@@H]3CCC4=CC(=O)C=C[C@]4(C)[C@H]3C(=O)C[C@@]21C)OC(=O)CCCC. The molecule has 0 aromatic carbocycles. The van der Waals surface area contributed by atoms with Crippen LogP contribution in [0.2, 0.25) is 0 Å². The molecule has 0 radical (unpaired) electrons. The van der Waals surface area contributed by atoms with Crippen molar-refractivity contribution in [2.75, 3.05) is 6.61 Å². The molecule has 232 valence electrons. The smallest absolute Gasteiger partial charge is 0.381 e. The van der Waals surface area contributed by atoms with Gasteiger partial charge in [-0.3, -0.25) is 33.8 Å². The number of rotatable bonds is 12. The molecular formula is C32H44O10. The zero-order chi connectivity index (χ0) is 30.9. The molecule has 4 aliphatic carbocycles. The van der Waals surface area contributed by atoms with E-state index in [0.29, 0.717) is 44.9 Å². The third-order valence-corrected chi connectivity index (χ3v) is 10.2. The minimum absolute atomic E-state index is 0.0337. The summed E-state index contributed by atoms with van der Waals surface area (Å²) in [6.07, 6.45) is 5.93. The lowest BCUT2D eigenvalue weighted by molar-refractivity contribution is -0.448. The van der Waals surface area contributed by atoms with E-state index < -0.39 is 46.9 Å². The first-order valence-corrected chi connectivity index (χ1v) is 15.3. The van der Waals surface area contributed by atoms with Crippen molar-refractivity contribution in [1.82, 2.24) is 0 Å². The summed E-state index contributed by atoms with van der Waals surface area (Å²) in [5.41, 5.74) is -2.67. The van der Waals surface area contributed by atoms with E-state index in [1.54, 1.807) is 13.0 Å². The molecule has 10 heteroatoms. The van der Waals surface area contributed by atoms with Crippen molar-refractivity contribution < 1.29 is 48.4 Å². The van der Waals surface area contributed by atoms with E-state index in [9.17, 15) is 34.2 Å². The fourth-order valence-corrected chi connectivity index (χ4v) is 7.88. The first kappa shape index (κ1) is 32.2. The van der Waals surface area contributed by atoms with Gasteiger partial charge in [0.25, 0.3) is 0 Å². The Bertz CT molecular complexity index is 1160. The molecule has 6 atom stereocenters. The topological polar surface area (TPSA) is 154 Å². The van der Waals surface area contributed by atoms with Gasteiger partial charge in [-0.25, -0.2) is 0 Å². The van der Waals surface area contributed by atoms with Crippen LogP contribution in [0.5, 0.6) is 0 Å². The average Bonchev–Trinajstić information content (AvgIpc) is 3.20. The lowest BCUT2D eigenvalue weighted by Gasteiger charge is -2.56. The minimum Gasteiger partial charge on any atom is -0.381 e. The van der Waals surface area contributed by atoms with Crippen LogP contribution in [0, 0.1) is 28.6 Å². The van der Waals surface area contributed by atoms with Gasteiger partial charge in [-0.05, 0) is 62.5 Å². The molecule has 0 aliphatic heterocycles. The maximum absolute atomic E-state index is 13.8.